The van der Waals surface area contributed by atoms with Crippen molar-refractivity contribution in [2.24, 2.45) is 0 Å². The van der Waals surface area contributed by atoms with Crippen molar-refractivity contribution in [1.29, 1.82) is 0 Å². The number of para-hydroxylation sites is 1. The molecule has 0 amide bonds. The van der Waals surface area contributed by atoms with Gasteiger partial charge in [0.05, 0.1) is 35.1 Å². The number of hydrogen-bond acceptors (Lipinski definition) is 4. The first-order valence-corrected chi connectivity index (χ1v) is 11.9. The Labute approximate surface area is 207 Å². The Morgan fingerprint density at radius 2 is 1.72 bits per heavy atom. The SMILES string of the molecule is O=c1c2ccccc2nc(-c2ccc(Br)cc2)n1CCOCCOc1ccc(Cl)cc1Br. The molecule has 32 heavy (non-hydrogen) atoms. The molecule has 1 heterocycles. The van der Waals surface area contributed by atoms with Crippen molar-refractivity contribution in [3.05, 3.63) is 91.1 Å². The van der Waals surface area contributed by atoms with Gasteiger partial charge in [-0.2, -0.15) is 0 Å². The fraction of sp³-hybridized carbons (Fsp3) is 0.167. The fourth-order valence-electron chi connectivity index (χ4n) is 3.26. The van der Waals surface area contributed by atoms with Gasteiger partial charge in [-0.1, -0.05) is 51.8 Å². The van der Waals surface area contributed by atoms with Crippen molar-refractivity contribution in [2.45, 2.75) is 6.54 Å². The molecular weight excluding hydrogens is 560 g/mol. The lowest BCUT2D eigenvalue weighted by Crippen LogP contribution is -2.26. The summed E-state index contributed by atoms with van der Waals surface area (Å²) < 4.78 is 14.9. The Hall–Kier alpha value is -2.19. The predicted molar refractivity (Wildman–Crippen MR) is 135 cm³/mol. The minimum absolute atomic E-state index is 0.0848. The second-order valence-corrected chi connectivity index (χ2v) is 9.16. The number of fused-ring (bicyclic) bond motifs is 1. The van der Waals surface area contributed by atoms with Gasteiger partial charge in [0.1, 0.15) is 18.2 Å². The van der Waals surface area contributed by atoms with Crippen LogP contribution in [0.4, 0.5) is 0 Å². The topological polar surface area (TPSA) is 53.4 Å². The Balaban J connectivity index is 1.46. The highest BCUT2D eigenvalue weighted by molar-refractivity contribution is 9.10. The first-order valence-electron chi connectivity index (χ1n) is 9.94. The zero-order chi connectivity index (χ0) is 22.5. The summed E-state index contributed by atoms with van der Waals surface area (Å²) in [6.45, 7) is 1.50. The van der Waals surface area contributed by atoms with Gasteiger partial charge in [-0.05, 0) is 58.4 Å². The molecule has 4 rings (SSSR count). The Morgan fingerprint density at radius 1 is 0.938 bits per heavy atom. The number of aromatic nitrogens is 2. The second kappa shape index (κ2) is 10.6. The van der Waals surface area contributed by atoms with Crippen LogP contribution in [0.1, 0.15) is 0 Å². The summed E-state index contributed by atoms with van der Waals surface area (Å²) in [4.78, 5) is 17.9. The first-order chi connectivity index (χ1) is 15.5. The van der Waals surface area contributed by atoms with E-state index in [0.717, 1.165) is 14.5 Å². The Morgan fingerprint density at radius 3 is 2.50 bits per heavy atom. The molecule has 1 aromatic heterocycles. The van der Waals surface area contributed by atoms with Crippen molar-refractivity contribution in [3.8, 4) is 17.1 Å². The molecule has 0 aliphatic carbocycles. The van der Waals surface area contributed by atoms with E-state index in [1.54, 1.807) is 28.8 Å². The summed E-state index contributed by atoms with van der Waals surface area (Å²) in [5.74, 6) is 1.32. The van der Waals surface area contributed by atoms with Crippen LogP contribution in [0.15, 0.2) is 80.5 Å². The molecule has 0 bridgehead atoms. The molecule has 0 aliphatic heterocycles. The predicted octanol–water partition coefficient (Wildman–Crippen LogP) is 6.34. The molecule has 5 nitrogen and oxygen atoms in total. The standard InChI is InChI=1S/C24H19Br2ClN2O3/c25-17-7-5-16(6-8-17)23-28-21-4-2-1-3-19(21)24(30)29(23)11-12-31-13-14-32-22-10-9-18(27)15-20(22)26/h1-10,15H,11-14H2. The van der Waals surface area contributed by atoms with Gasteiger partial charge in [-0.3, -0.25) is 9.36 Å². The lowest BCUT2D eigenvalue weighted by Gasteiger charge is -2.14. The average molecular weight is 579 g/mol. The summed E-state index contributed by atoms with van der Waals surface area (Å²) in [6, 6.07) is 20.5. The molecule has 8 heteroatoms. The van der Waals surface area contributed by atoms with Crippen LogP contribution in [-0.4, -0.2) is 29.4 Å². The maximum atomic E-state index is 13.2. The first kappa shape index (κ1) is 23.0. The summed E-state index contributed by atoms with van der Waals surface area (Å²) in [6.07, 6.45) is 0. The van der Waals surface area contributed by atoms with Gasteiger partial charge in [0, 0.05) is 15.1 Å². The van der Waals surface area contributed by atoms with E-state index in [1.165, 1.54) is 0 Å². The normalized spacial score (nSPS) is 11.1. The molecule has 0 radical (unpaired) electrons. The lowest BCUT2D eigenvalue weighted by molar-refractivity contribution is 0.0938. The largest absolute Gasteiger partial charge is 0.490 e. The van der Waals surface area contributed by atoms with Crippen LogP contribution in [0.3, 0.4) is 0 Å². The van der Waals surface area contributed by atoms with E-state index in [4.69, 9.17) is 26.1 Å². The van der Waals surface area contributed by atoms with Crippen molar-refractivity contribution < 1.29 is 9.47 Å². The van der Waals surface area contributed by atoms with Gasteiger partial charge >= 0.3 is 0 Å². The van der Waals surface area contributed by atoms with E-state index < -0.39 is 0 Å². The molecule has 0 atom stereocenters. The molecule has 164 valence electrons. The maximum absolute atomic E-state index is 13.2. The highest BCUT2D eigenvalue weighted by Gasteiger charge is 2.13. The molecule has 3 aromatic carbocycles. The van der Waals surface area contributed by atoms with E-state index in [2.05, 4.69) is 31.9 Å². The minimum Gasteiger partial charge on any atom is -0.490 e. The second-order valence-electron chi connectivity index (χ2n) is 6.95. The van der Waals surface area contributed by atoms with Gasteiger partial charge in [0.25, 0.3) is 5.56 Å². The van der Waals surface area contributed by atoms with Crippen LogP contribution in [-0.2, 0) is 11.3 Å². The van der Waals surface area contributed by atoms with Crippen LogP contribution >= 0.6 is 43.5 Å². The van der Waals surface area contributed by atoms with Gasteiger partial charge in [0.15, 0.2) is 0 Å². The van der Waals surface area contributed by atoms with Crippen LogP contribution in [0.2, 0.25) is 5.02 Å². The smallest absolute Gasteiger partial charge is 0.261 e. The quantitative estimate of drug-likeness (QED) is 0.229. The van der Waals surface area contributed by atoms with Gasteiger partial charge in [-0.25, -0.2) is 4.98 Å². The van der Waals surface area contributed by atoms with Crippen molar-refractivity contribution in [1.82, 2.24) is 9.55 Å². The molecular formula is C24H19Br2ClN2O3. The lowest BCUT2D eigenvalue weighted by atomic mass is 10.2. The molecule has 4 aromatic rings. The number of nitrogens with zero attached hydrogens (tertiary/aromatic N) is 2. The van der Waals surface area contributed by atoms with Gasteiger partial charge < -0.3 is 9.47 Å². The number of hydrogen-bond donors (Lipinski definition) is 0. The van der Waals surface area contributed by atoms with E-state index >= 15 is 0 Å². The molecule has 0 fully saturated rings. The van der Waals surface area contributed by atoms with Crippen LogP contribution < -0.4 is 10.3 Å². The fourth-order valence-corrected chi connectivity index (χ4v) is 4.32. The number of halogens is 3. The summed E-state index contributed by atoms with van der Waals surface area (Å²) in [5, 5.41) is 1.22. The third kappa shape index (κ3) is 5.41. The molecule has 0 spiro atoms. The van der Waals surface area contributed by atoms with Gasteiger partial charge in [-0.15, -0.1) is 0 Å². The highest BCUT2D eigenvalue weighted by Crippen LogP contribution is 2.28. The molecule has 0 N–H and O–H groups in total. The zero-order valence-corrected chi connectivity index (χ0v) is 20.9. The number of ether oxygens (including phenoxy) is 2. The molecule has 0 aliphatic rings. The third-order valence-electron chi connectivity index (χ3n) is 4.80. The van der Waals surface area contributed by atoms with Crippen LogP contribution in [0, 0.1) is 0 Å². The summed E-state index contributed by atoms with van der Waals surface area (Å²) >= 11 is 12.8. The van der Waals surface area contributed by atoms with Crippen molar-refractivity contribution in [3.63, 3.8) is 0 Å². The van der Waals surface area contributed by atoms with Crippen LogP contribution in [0.5, 0.6) is 5.75 Å². The maximum Gasteiger partial charge on any atom is 0.261 e. The summed E-state index contributed by atoms with van der Waals surface area (Å²) in [5.41, 5.74) is 1.46. The van der Waals surface area contributed by atoms with E-state index in [-0.39, 0.29) is 5.56 Å². The number of rotatable bonds is 8. The zero-order valence-electron chi connectivity index (χ0n) is 16.9. The molecule has 0 unspecified atom stereocenters. The Bertz CT molecular complexity index is 1290. The van der Waals surface area contributed by atoms with E-state index in [9.17, 15) is 4.79 Å². The van der Waals surface area contributed by atoms with Crippen molar-refractivity contribution in [2.75, 3.05) is 19.8 Å². The van der Waals surface area contributed by atoms with Crippen molar-refractivity contribution >= 4 is 54.4 Å². The Kier molecular flexibility index (Phi) is 7.63. The molecule has 0 saturated heterocycles. The summed E-state index contributed by atoms with van der Waals surface area (Å²) in [7, 11) is 0. The van der Waals surface area contributed by atoms with Gasteiger partial charge in [0.2, 0.25) is 0 Å². The monoisotopic (exact) mass is 576 g/mol. The van der Waals surface area contributed by atoms with Crippen LogP contribution in [0.25, 0.3) is 22.3 Å². The van der Waals surface area contributed by atoms with E-state index in [0.29, 0.717) is 53.9 Å². The molecule has 0 saturated carbocycles. The average Bonchev–Trinajstić information content (AvgIpc) is 2.79. The minimum atomic E-state index is -0.0848. The highest BCUT2D eigenvalue weighted by atomic mass is 79.9. The third-order valence-corrected chi connectivity index (χ3v) is 6.19. The number of benzene rings is 3. The van der Waals surface area contributed by atoms with E-state index in [1.807, 2.05) is 42.5 Å².